The van der Waals surface area contributed by atoms with Crippen LogP contribution in [0.3, 0.4) is 0 Å². The van der Waals surface area contributed by atoms with Gasteiger partial charge in [-0.2, -0.15) is 0 Å². The molecule has 0 amide bonds. The SMILES string of the molecule is O=C(O)c1c(F)cccc1NCc1ccco1. The third-order valence-electron chi connectivity index (χ3n) is 2.26. The molecule has 0 unspecified atom stereocenters. The fourth-order valence-electron chi connectivity index (χ4n) is 1.48. The van der Waals surface area contributed by atoms with Crippen molar-refractivity contribution in [2.75, 3.05) is 5.32 Å². The van der Waals surface area contributed by atoms with Gasteiger partial charge in [0.15, 0.2) is 0 Å². The number of aromatic carboxylic acids is 1. The number of nitrogens with one attached hydrogen (secondary N) is 1. The van der Waals surface area contributed by atoms with E-state index in [-0.39, 0.29) is 11.3 Å². The van der Waals surface area contributed by atoms with Crippen LogP contribution in [0, 0.1) is 5.82 Å². The highest BCUT2D eigenvalue weighted by atomic mass is 19.1. The summed E-state index contributed by atoms with van der Waals surface area (Å²) in [5.41, 5.74) is -0.132. The monoisotopic (exact) mass is 235 g/mol. The third kappa shape index (κ3) is 2.44. The van der Waals surface area contributed by atoms with Crippen molar-refractivity contribution in [3.05, 3.63) is 53.7 Å². The Bertz CT molecular complexity index is 523. The van der Waals surface area contributed by atoms with Crippen molar-refractivity contribution in [2.45, 2.75) is 6.54 Å². The molecule has 17 heavy (non-hydrogen) atoms. The number of hydrogen-bond donors (Lipinski definition) is 2. The van der Waals surface area contributed by atoms with E-state index in [1.807, 2.05) is 0 Å². The maximum atomic E-state index is 13.3. The molecule has 0 fully saturated rings. The molecule has 0 radical (unpaired) electrons. The van der Waals surface area contributed by atoms with Gasteiger partial charge < -0.3 is 14.8 Å². The molecule has 0 atom stereocenters. The molecule has 0 aliphatic heterocycles. The quantitative estimate of drug-likeness (QED) is 0.855. The molecule has 2 aromatic rings. The predicted octanol–water partition coefficient (Wildman–Crippen LogP) is 2.73. The molecule has 0 spiro atoms. The number of hydrogen-bond acceptors (Lipinski definition) is 3. The van der Waals surface area contributed by atoms with Crippen molar-refractivity contribution in [3.63, 3.8) is 0 Å². The van der Waals surface area contributed by atoms with Crippen LogP contribution in [0.15, 0.2) is 41.0 Å². The zero-order valence-corrected chi connectivity index (χ0v) is 8.81. The summed E-state index contributed by atoms with van der Waals surface area (Å²) in [5, 5.41) is 11.7. The summed E-state index contributed by atoms with van der Waals surface area (Å²) in [6.07, 6.45) is 1.51. The van der Waals surface area contributed by atoms with Crippen LogP contribution in [0.1, 0.15) is 16.1 Å². The summed E-state index contributed by atoms with van der Waals surface area (Å²) in [7, 11) is 0. The Morgan fingerprint density at radius 3 is 2.82 bits per heavy atom. The van der Waals surface area contributed by atoms with Gasteiger partial charge in [0.05, 0.1) is 18.5 Å². The molecular formula is C12H10FNO3. The van der Waals surface area contributed by atoms with Crippen molar-refractivity contribution in [1.29, 1.82) is 0 Å². The Balaban J connectivity index is 2.21. The van der Waals surface area contributed by atoms with Crippen LogP contribution in [0.2, 0.25) is 0 Å². The predicted molar refractivity (Wildman–Crippen MR) is 59.4 cm³/mol. The average molecular weight is 235 g/mol. The molecular weight excluding hydrogens is 225 g/mol. The van der Waals surface area contributed by atoms with Crippen LogP contribution >= 0.6 is 0 Å². The molecule has 0 bridgehead atoms. The second-order valence-electron chi connectivity index (χ2n) is 3.40. The van der Waals surface area contributed by atoms with Gasteiger partial charge in [0, 0.05) is 0 Å². The van der Waals surface area contributed by atoms with Crippen LogP contribution < -0.4 is 5.32 Å². The molecule has 0 aliphatic carbocycles. The fourth-order valence-corrected chi connectivity index (χ4v) is 1.48. The third-order valence-corrected chi connectivity index (χ3v) is 2.26. The van der Waals surface area contributed by atoms with Crippen molar-refractivity contribution in [2.24, 2.45) is 0 Å². The number of carbonyl (C=O) groups is 1. The van der Waals surface area contributed by atoms with Gasteiger partial charge in [-0.25, -0.2) is 9.18 Å². The Labute approximate surface area is 96.7 Å². The number of rotatable bonds is 4. The van der Waals surface area contributed by atoms with E-state index < -0.39 is 11.8 Å². The van der Waals surface area contributed by atoms with Gasteiger partial charge in [0.1, 0.15) is 17.1 Å². The molecule has 1 aromatic carbocycles. The van der Waals surface area contributed by atoms with E-state index in [0.29, 0.717) is 12.3 Å². The molecule has 4 nitrogen and oxygen atoms in total. The zero-order valence-electron chi connectivity index (χ0n) is 8.81. The van der Waals surface area contributed by atoms with E-state index in [2.05, 4.69) is 5.32 Å². The second-order valence-corrected chi connectivity index (χ2v) is 3.40. The molecule has 2 N–H and O–H groups in total. The maximum absolute atomic E-state index is 13.3. The first-order chi connectivity index (χ1) is 8.18. The number of halogens is 1. The normalized spacial score (nSPS) is 10.2. The van der Waals surface area contributed by atoms with Gasteiger partial charge in [-0.05, 0) is 24.3 Å². The number of carboxylic acid groups (broad SMARTS) is 1. The lowest BCUT2D eigenvalue weighted by Crippen LogP contribution is -2.08. The Kier molecular flexibility index (Phi) is 3.09. The number of furan rings is 1. The van der Waals surface area contributed by atoms with E-state index in [1.54, 1.807) is 12.1 Å². The highest BCUT2D eigenvalue weighted by Gasteiger charge is 2.15. The minimum Gasteiger partial charge on any atom is -0.478 e. The number of anilines is 1. The van der Waals surface area contributed by atoms with Gasteiger partial charge in [-0.3, -0.25) is 0 Å². The molecule has 88 valence electrons. The Hall–Kier alpha value is -2.30. The number of carboxylic acids is 1. The topological polar surface area (TPSA) is 62.5 Å². The molecule has 5 heteroatoms. The summed E-state index contributed by atoms with van der Waals surface area (Å²) in [6.45, 7) is 0.302. The molecule has 2 rings (SSSR count). The molecule has 0 saturated heterocycles. The van der Waals surface area contributed by atoms with Crippen molar-refractivity contribution in [1.82, 2.24) is 0 Å². The maximum Gasteiger partial charge on any atom is 0.340 e. The lowest BCUT2D eigenvalue weighted by Gasteiger charge is -2.08. The first kappa shape index (κ1) is 11.2. The van der Waals surface area contributed by atoms with Crippen molar-refractivity contribution >= 4 is 11.7 Å². The van der Waals surface area contributed by atoms with Gasteiger partial charge >= 0.3 is 5.97 Å². The Morgan fingerprint density at radius 1 is 1.35 bits per heavy atom. The fraction of sp³-hybridized carbons (Fsp3) is 0.0833. The zero-order chi connectivity index (χ0) is 12.3. The summed E-state index contributed by atoms with van der Waals surface area (Å²) in [5.74, 6) is -1.42. The van der Waals surface area contributed by atoms with Crippen molar-refractivity contribution in [3.8, 4) is 0 Å². The summed E-state index contributed by atoms with van der Waals surface area (Å²) < 4.78 is 18.4. The van der Waals surface area contributed by atoms with Crippen LogP contribution in [-0.2, 0) is 6.54 Å². The van der Waals surface area contributed by atoms with E-state index >= 15 is 0 Å². The lowest BCUT2D eigenvalue weighted by molar-refractivity contribution is 0.0693. The van der Waals surface area contributed by atoms with Crippen LogP contribution in [0.5, 0.6) is 0 Å². The number of benzene rings is 1. The van der Waals surface area contributed by atoms with Gasteiger partial charge in [0.2, 0.25) is 0 Å². The van der Waals surface area contributed by atoms with Crippen molar-refractivity contribution < 1.29 is 18.7 Å². The van der Waals surface area contributed by atoms with Gasteiger partial charge in [-0.1, -0.05) is 6.07 Å². The summed E-state index contributed by atoms with van der Waals surface area (Å²) in [4.78, 5) is 10.9. The van der Waals surface area contributed by atoms with Crippen LogP contribution in [0.4, 0.5) is 10.1 Å². The Morgan fingerprint density at radius 2 is 2.18 bits per heavy atom. The van der Waals surface area contributed by atoms with Gasteiger partial charge in [0.25, 0.3) is 0 Å². The average Bonchev–Trinajstić information content (AvgIpc) is 2.78. The molecule has 0 saturated carbocycles. The largest absolute Gasteiger partial charge is 0.478 e. The summed E-state index contributed by atoms with van der Waals surface area (Å²) >= 11 is 0. The summed E-state index contributed by atoms with van der Waals surface area (Å²) in [6, 6.07) is 7.54. The molecule has 1 heterocycles. The smallest absolute Gasteiger partial charge is 0.340 e. The second kappa shape index (κ2) is 4.69. The minimum absolute atomic E-state index is 0.230. The standard InChI is InChI=1S/C12H10FNO3/c13-9-4-1-5-10(11(9)12(15)16)14-7-8-3-2-6-17-8/h1-6,14H,7H2,(H,15,16). The minimum atomic E-state index is -1.30. The highest BCUT2D eigenvalue weighted by Crippen LogP contribution is 2.19. The first-order valence-electron chi connectivity index (χ1n) is 4.96. The molecule has 1 aromatic heterocycles. The van der Waals surface area contributed by atoms with Crippen LogP contribution in [-0.4, -0.2) is 11.1 Å². The lowest BCUT2D eigenvalue weighted by atomic mass is 10.1. The van der Waals surface area contributed by atoms with E-state index in [4.69, 9.17) is 9.52 Å². The molecule has 0 aliphatic rings. The van der Waals surface area contributed by atoms with E-state index in [1.165, 1.54) is 18.4 Å². The highest BCUT2D eigenvalue weighted by molar-refractivity contribution is 5.94. The first-order valence-corrected chi connectivity index (χ1v) is 4.96. The van der Waals surface area contributed by atoms with E-state index in [0.717, 1.165) is 6.07 Å². The van der Waals surface area contributed by atoms with Gasteiger partial charge in [-0.15, -0.1) is 0 Å². The van der Waals surface area contributed by atoms with E-state index in [9.17, 15) is 9.18 Å². The van der Waals surface area contributed by atoms with Crippen LogP contribution in [0.25, 0.3) is 0 Å².